The molecule has 1 heterocycles. The van der Waals surface area contributed by atoms with E-state index in [1.165, 1.54) is 14.2 Å². The minimum atomic E-state index is -0.532. The third-order valence-electron chi connectivity index (χ3n) is 7.40. The molecule has 1 saturated heterocycles. The van der Waals surface area contributed by atoms with Gasteiger partial charge in [-0.25, -0.2) is 0 Å². The summed E-state index contributed by atoms with van der Waals surface area (Å²) in [5.41, 5.74) is 3.86. The van der Waals surface area contributed by atoms with Gasteiger partial charge in [0.1, 0.15) is 0 Å². The van der Waals surface area contributed by atoms with E-state index in [1.807, 2.05) is 24.3 Å². The zero-order valence-corrected chi connectivity index (χ0v) is 21.5. The first-order valence-corrected chi connectivity index (χ1v) is 12.1. The molecule has 1 aliphatic carbocycles. The number of cyclic esters (lactones) is 1. The Labute approximate surface area is 220 Å². The van der Waals surface area contributed by atoms with E-state index in [0.29, 0.717) is 17.1 Å². The van der Waals surface area contributed by atoms with Crippen molar-refractivity contribution < 1.29 is 33.6 Å². The smallest absolute Gasteiger partial charge is 0.310 e. The van der Waals surface area contributed by atoms with E-state index in [9.17, 15) is 15.2 Å². The Morgan fingerprint density at radius 1 is 0.895 bits per heavy atom. The molecule has 0 aromatic heterocycles. The van der Waals surface area contributed by atoms with Crippen LogP contribution in [0.2, 0.25) is 0 Å². The molecule has 196 valence electrons. The summed E-state index contributed by atoms with van der Waals surface area (Å²) in [6.45, 7) is 0.230. The monoisotopic (exact) mass is 516 g/mol. The zero-order valence-electron chi connectivity index (χ0n) is 21.5. The Kier molecular flexibility index (Phi) is 6.64. The summed E-state index contributed by atoms with van der Waals surface area (Å²) in [4.78, 5) is 13.3. The van der Waals surface area contributed by atoms with Crippen molar-refractivity contribution in [1.82, 2.24) is 0 Å². The van der Waals surface area contributed by atoms with Crippen LogP contribution in [0.5, 0.6) is 28.7 Å². The molecule has 3 aromatic rings. The van der Waals surface area contributed by atoms with Crippen LogP contribution in [0.1, 0.15) is 34.2 Å². The van der Waals surface area contributed by atoms with Crippen LogP contribution in [-0.2, 0) is 9.53 Å². The molecule has 0 amide bonds. The highest BCUT2D eigenvalue weighted by Crippen LogP contribution is 2.55. The van der Waals surface area contributed by atoms with Crippen molar-refractivity contribution in [2.75, 3.05) is 40.4 Å². The van der Waals surface area contributed by atoms with Crippen LogP contribution in [0, 0.1) is 23.2 Å². The molecule has 5 rings (SSSR count). The number of fused-ring (bicyclic) bond motifs is 2. The summed E-state index contributed by atoms with van der Waals surface area (Å²) >= 11 is 0. The molecule has 38 heavy (non-hydrogen) atoms. The largest absolute Gasteiger partial charge is 0.502 e. The number of nitrogens with zero attached hydrogens (tertiary/aromatic N) is 1. The zero-order chi connectivity index (χ0) is 27.0. The molecule has 1 aliphatic heterocycles. The lowest BCUT2D eigenvalue weighted by atomic mass is 9.65. The quantitative estimate of drug-likeness (QED) is 0.441. The summed E-state index contributed by atoms with van der Waals surface area (Å²) in [6.07, 6.45) is 0. The molecule has 2 aliphatic rings. The third-order valence-corrected chi connectivity index (χ3v) is 7.40. The molecule has 2 N–H and O–H groups in total. The second-order valence-corrected chi connectivity index (χ2v) is 9.22. The van der Waals surface area contributed by atoms with Crippen molar-refractivity contribution in [2.24, 2.45) is 11.8 Å². The molecule has 0 bridgehead atoms. The van der Waals surface area contributed by atoms with Crippen LogP contribution in [0.15, 0.2) is 48.5 Å². The lowest BCUT2D eigenvalue weighted by molar-refractivity contribution is -0.141. The summed E-state index contributed by atoms with van der Waals surface area (Å²) in [7, 11) is 6.07. The molecule has 9 heteroatoms. The van der Waals surface area contributed by atoms with Gasteiger partial charge in [-0.15, -0.1) is 0 Å². The molecule has 9 nitrogen and oxygen atoms in total. The Morgan fingerprint density at radius 2 is 1.47 bits per heavy atom. The minimum absolute atomic E-state index is 0.118. The molecule has 4 atom stereocenters. The minimum Gasteiger partial charge on any atom is -0.502 e. The van der Waals surface area contributed by atoms with E-state index in [2.05, 4.69) is 11.4 Å². The van der Waals surface area contributed by atoms with Gasteiger partial charge in [-0.05, 0) is 65.2 Å². The lowest BCUT2D eigenvalue weighted by Crippen LogP contribution is -2.37. The fraction of sp³-hybridized carbons (Fsp3) is 0.310. The van der Waals surface area contributed by atoms with Crippen LogP contribution < -0.4 is 24.3 Å². The van der Waals surface area contributed by atoms with Gasteiger partial charge in [-0.2, -0.15) is 5.26 Å². The number of hydrogen-bond acceptors (Lipinski definition) is 9. The molecule has 0 spiro atoms. The van der Waals surface area contributed by atoms with Crippen molar-refractivity contribution in [2.45, 2.75) is 12.0 Å². The maximum absolute atomic E-state index is 13.3. The predicted molar refractivity (Wildman–Crippen MR) is 138 cm³/mol. The lowest BCUT2D eigenvalue weighted by Gasteiger charge is -2.40. The predicted octanol–water partition coefficient (Wildman–Crippen LogP) is 4.39. The number of benzene rings is 3. The van der Waals surface area contributed by atoms with Crippen molar-refractivity contribution in [1.29, 1.82) is 5.26 Å². The van der Waals surface area contributed by atoms with Gasteiger partial charge in [0.15, 0.2) is 23.0 Å². The van der Waals surface area contributed by atoms with E-state index >= 15 is 0 Å². The molecular formula is C29H28N2O7. The van der Waals surface area contributed by atoms with E-state index in [0.717, 1.165) is 22.4 Å². The van der Waals surface area contributed by atoms with E-state index in [1.54, 1.807) is 38.5 Å². The SMILES string of the molecule is COc1cc2c(cc1OC)[C@@H](Nc1ccc(C#N)cc1)C1COC(=O)[C@@H]1[C@H]2c1cc(OC)c(O)c(OC)c1. The Bertz CT molecular complexity index is 1390. The van der Waals surface area contributed by atoms with Crippen LogP contribution in [0.25, 0.3) is 0 Å². The number of methoxy groups -OCH3 is 4. The highest BCUT2D eigenvalue weighted by Gasteiger charge is 2.52. The number of carbonyl (C=O) groups excluding carboxylic acids is 1. The van der Waals surface area contributed by atoms with Gasteiger partial charge in [0.05, 0.1) is 58.6 Å². The van der Waals surface area contributed by atoms with Crippen molar-refractivity contribution >= 4 is 11.7 Å². The number of esters is 1. The number of aromatic hydroxyl groups is 1. The Hall–Kier alpha value is -4.58. The Balaban J connectivity index is 1.72. The molecule has 0 radical (unpaired) electrons. The van der Waals surface area contributed by atoms with E-state index in [-0.39, 0.29) is 41.8 Å². The number of nitriles is 1. The van der Waals surface area contributed by atoms with Crippen LogP contribution in [-0.4, -0.2) is 46.1 Å². The summed E-state index contributed by atoms with van der Waals surface area (Å²) < 4.78 is 27.7. The Morgan fingerprint density at radius 3 is 2.03 bits per heavy atom. The highest BCUT2D eigenvalue weighted by molar-refractivity contribution is 5.79. The van der Waals surface area contributed by atoms with Crippen LogP contribution >= 0.6 is 0 Å². The second kappa shape index (κ2) is 10.1. The van der Waals surface area contributed by atoms with Gasteiger partial charge in [0, 0.05) is 17.5 Å². The average molecular weight is 517 g/mol. The topological polar surface area (TPSA) is 119 Å². The standard InChI is InChI=1S/C29H28N2O7/c1-34-21-11-18-19(12-22(21)35-2)27(31-17-7-5-15(13-30)6-8-17)20-14-38-29(33)26(20)25(18)16-9-23(36-3)28(32)24(10-16)37-4/h5-12,20,25-27,31-32H,14H2,1-4H3/t20?,25-,26-,27+/m0/s1. The number of nitrogens with one attached hydrogen (secondary N) is 1. The van der Waals surface area contributed by atoms with E-state index in [4.69, 9.17) is 23.7 Å². The van der Waals surface area contributed by atoms with Gasteiger partial charge >= 0.3 is 5.97 Å². The van der Waals surface area contributed by atoms with Crippen LogP contribution in [0.4, 0.5) is 5.69 Å². The molecule has 1 unspecified atom stereocenters. The summed E-state index contributed by atoms with van der Waals surface area (Å²) in [5.74, 6) is -0.0606. The fourth-order valence-corrected chi connectivity index (χ4v) is 5.60. The van der Waals surface area contributed by atoms with Gasteiger partial charge in [0.25, 0.3) is 0 Å². The fourth-order valence-electron chi connectivity index (χ4n) is 5.60. The van der Waals surface area contributed by atoms with Crippen molar-refractivity contribution in [3.8, 4) is 34.8 Å². The number of phenols is 1. The second-order valence-electron chi connectivity index (χ2n) is 9.22. The molecule has 0 saturated carbocycles. The number of carbonyl (C=O) groups is 1. The number of ether oxygens (including phenoxy) is 5. The third kappa shape index (κ3) is 4.08. The maximum atomic E-state index is 13.3. The summed E-state index contributed by atoms with van der Waals surface area (Å²) in [6, 6.07) is 16.3. The highest BCUT2D eigenvalue weighted by atomic mass is 16.5. The average Bonchev–Trinajstić information content (AvgIpc) is 3.33. The van der Waals surface area contributed by atoms with Gasteiger partial charge in [-0.3, -0.25) is 4.79 Å². The number of rotatable bonds is 7. The molecule has 1 fully saturated rings. The normalized spacial score (nSPS) is 21.4. The van der Waals surface area contributed by atoms with Crippen LogP contribution in [0.3, 0.4) is 0 Å². The van der Waals surface area contributed by atoms with Gasteiger partial charge < -0.3 is 34.1 Å². The maximum Gasteiger partial charge on any atom is 0.310 e. The summed E-state index contributed by atoms with van der Waals surface area (Å²) in [5, 5.41) is 23.3. The molecular weight excluding hydrogens is 488 g/mol. The first kappa shape index (κ1) is 25.1. The van der Waals surface area contributed by atoms with E-state index < -0.39 is 11.8 Å². The first-order valence-electron chi connectivity index (χ1n) is 12.1. The molecule has 3 aromatic carbocycles. The van der Waals surface area contributed by atoms with Gasteiger partial charge in [0.2, 0.25) is 5.75 Å². The number of anilines is 1. The number of phenolic OH excluding ortho intramolecular Hbond substituents is 1. The number of hydrogen-bond donors (Lipinski definition) is 2. The van der Waals surface area contributed by atoms with Gasteiger partial charge in [-0.1, -0.05) is 0 Å². The van der Waals surface area contributed by atoms with Crippen molar-refractivity contribution in [3.63, 3.8) is 0 Å². The first-order chi connectivity index (χ1) is 18.4. The van der Waals surface area contributed by atoms with Crippen molar-refractivity contribution in [3.05, 3.63) is 70.8 Å².